The fourth-order valence-corrected chi connectivity index (χ4v) is 2.17. The van der Waals surface area contributed by atoms with E-state index >= 15 is 0 Å². The number of aromatic nitrogens is 1. The Labute approximate surface area is 94.1 Å². The fourth-order valence-electron chi connectivity index (χ4n) is 1.90. The molecule has 76 valence electrons. The maximum atomic E-state index is 6.25. The monoisotopic (exact) mass is 217 g/mol. The molecule has 1 aliphatic rings. The highest BCUT2D eigenvalue weighted by Gasteiger charge is 2.25. The molecule has 0 N–H and O–H groups in total. The quantitative estimate of drug-likeness (QED) is 0.702. The molecular formula is C13H12ClN. The Hall–Kier alpha value is -1.08. The van der Waals surface area contributed by atoms with E-state index in [1.807, 2.05) is 6.07 Å². The molecule has 1 aliphatic carbocycles. The number of aryl methyl sites for hydroxylation is 1. The summed E-state index contributed by atoms with van der Waals surface area (Å²) < 4.78 is 0. The SMILES string of the molecule is Cc1ccc2c(Cl)cc(C3CC3)nc2c1. The Morgan fingerprint density at radius 1 is 1.27 bits per heavy atom. The molecule has 0 radical (unpaired) electrons. The molecule has 15 heavy (non-hydrogen) atoms. The van der Waals surface area contributed by atoms with Crippen molar-refractivity contribution in [1.29, 1.82) is 0 Å². The lowest BCUT2D eigenvalue weighted by Crippen LogP contribution is -1.89. The van der Waals surface area contributed by atoms with Crippen molar-refractivity contribution in [2.75, 3.05) is 0 Å². The number of fused-ring (bicyclic) bond motifs is 1. The van der Waals surface area contributed by atoms with Gasteiger partial charge >= 0.3 is 0 Å². The molecule has 0 unspecified atom stereocenters. The maximum Gasteiger partial charge on any atom is 0.0723 e. The third-order valence-electron chi connectivity index (χ3n) is 2.93. The van der Waals surface area contributed by atoms with E-state index in [9.17, 15) is 0 Å². The van der Waals surface area contributed by atoms with E-state index in [-0.39, 0.29) is 0 Å². The van der Waals surface area contributed by atoms with Gasteiger partial charge < -0.3 is 0 Å². The van der Waals surface area contributed by atoms with Crippen LogP contribution in [0.4, 0.5) is 0 Å². The van der Waals surface area contributed by atoms with Crippen LogP contribution in [-0.2, 0) is 0 Å². The zero-order valence-corrected chi connectivity index (χ0v) is 9.38. The second kappa shape index (κ2) is 3.21. The van der Waals surface area contributed by atoms with E-state index in [1.165, 1.54) is 18.4 Å². The summed E-state index contributed by atoms with van der Waals surface area (Å²) >= 11 is 6.25. The topological polar surface area (TPSA) is 12.9 Å². The smallest absolute Gasteiger partial charge is 0.0723 e. The van der Waals surface area contributed by atoms with Crippen LogP contribution < -0.4 is 0 Å². The average molecular weight is 218 g/mol. The van der Waals surface area contributed by atoms with Crippen molar-refractivity contribution >= 4 is 22.5 Å². The minimum absolute atomic E-state index is 0.660. The van der Waals surface area contributed by atoms with Crippen molar-refractivity contribution in [3.63, 3.8) is 0 Å². The number of rotatable bonds is 1. The van der Waals surface area contributed by atoms with E-state index in [0.717, 1.165) is 21.6 Å². The highest BCUT2D eigenvalue weighted by atomic mass is 35.5. The van der Waals surface area contributed by atoms with Gasteiger partial charge in [-0.2, -0.15) is 0 Å². The van der Waals surface area contributed by atoms with Crippen molar-refractivity contribution in [3.8, 4) is 0 Å². The standard InChI is InChI=1S/C13H12ClN/c1-8-2-5-10-11(14)7-12(9-3-4-9)15-13(10)6-8/h2,5-7,9H,3-4H2,1H3. The van der Waals surface area contributed by atoms with Crippen LogP contribution in [0.3, 0.4) is 0 Å². The first-order valence-corrected chi connectivity index (χ1v) is 5.68. The molecule has 1 aromatic heterocycles. The molecule has 0 saturated heterocycles. The first-order chi connectivity index (χ1) is 7.24. The van der Waals surface area contributed by atoms with E-state index in [0.29, 0.717) is 5.92 Å². The van der Waals surface area contributed by atoms with E-state index in [4.69, 9.17) is 11.6 Å². The molecule has 0 aliphatic heterocycles. The van der Waals surface area contributed by atoms with Crippen LogP contribution in [0.15, 0.2) is 24.3 Å². The number of hydrogen-bond acceptors (Lipinski definition) is 1. The van der Waals surface area contributed by atoms with Gasteiger partial charge in [0.1, 0.15) is 0 Å². The Bertz CT molecular complexity index is 529. The zero-order chi connectivity index (χ0) is 10.4. The molecule has 0 atom stereocenters. The molecule has 0 spiro atoms. The third-order valence-corrected chi connectivity index (χ3v) is 3.24. The summed E-state index contributed by atoms with van der Waals surface area (Å²) in [5, 5.41) is 1.90. The molecular weight excluding hydrogens is 206 g/mol. The van der Waals surface area contributed by atoms with Crippen LogP contribution in [0.2, 0.25) is 5.02 Å². The zero-order valence-electron chi connectivity index (χ0n) is 8.63. The molecule has 0 bridgehead atoms. The molecule has 0 amide bonds. The van der Waals surface area contributed by atoms with Crippen molar-refractivity contribution in [2.24, 2.45) is 0 Å². The summed E-state index contributed by atoms with van der Waals surface area (Å²) in [4.78, 5) is 4.67. The van der Waals surface area contributed by atoms with E-state index < -0.39 is 0 Å². The molecule has 1 nitrogen and oxygen atoms in total. The van der Waals surface area contributed by atoms with Crippen molar-refractivity contribution in [1.82, 2.24) is 4.98 Å². The van der Waals surface area contributed by atoms with Gasteiger partial charge in [-0.15, -0.1) is 0 Å². The number of hydrogen-bond donors (Lipinski definition) is 0. The van der Waals surface area contributed by atoms with Crippen molar-refractivity contribution < 1.29 is 0 Å². The van der Waals surface area contributed by atoms with Gasteiger partial charge in [-0.1, -0.05) is 23.7 Å². The van der Waals surface area contributed by atoms with Gasteiger partial charge in [0.25, 0.3) is 0 Å². The normalized spacial score (nSPS) is 15.9. The Kier molecular flexibility index (Phi) is 1.96. The van der Waals surface area contributed by atoms with Gasteiger partial charge in [-0.05, 0) is 37.5 Å². The number of nitrogens with zero attached hydrogens (tertiary/aromatic N) is 1. The highest BCUT2D eigenvalue weighted by Crippen LogP contribution is 2.40. The second-order valence-corrected chi connectivity index (χ2v) is 4.73. The van der Waals surface area contributed by atoms with Crippen LogP contribution in [0.1, 0.15) is 30.0 Å². The molecule has 1 fully saturated rings. The van der Waals surface area contributed by atoms with Gasteiger partial charge in [0.2, 0.25) is 0 Å². The Balaban J connectivity index is 2.27. The maximum absolute atomic E-state index is 6.25. The third kappa shape index (κ3) is 1.61. The van der Waals surface area contributed by atoms with Gasteiger partial charge in [-0.3, -0.25) is 4.98 Å². The summed E-state index contributed by atoms with van der Waals surface area (Å²) in [6, 6.07) is 8.26. The highest BCUT2D eigenvalue weighted by molar-refractivity contribution is 6.35. The summed E-state index contributed by atoms with van der Waals surface area (Å²) in [5.74, 6) is 0.660. The predicted molar refractivity (Wildman–Crippen MR) is 63.5 cm³/mol. The van der Waals surface area contributed by atoms with Gasteiger partial charge in [0, 0.05) is 17.0 Å². The first kappa shape index (κ1) is 9.17. The molecule has 2 heteroatoms. The van der Waals surface area contributed by atoms with Gasteiger partial charge in [-0.25, -0.2) is 0 Å². The van der Waals surface area contributed by atoms with Crippen molar-refractivity contribution in [2.45, 2.75) is 25.7 Å². The van der Waals surface area contributed by atoms with Crippen LogP contribution in [0, 0.1) is 6.92 Å². The minimum atomic E-state index is 0.660. The minimum Gasteiger partial charge on any atom is -0.252 e. The second-order valence-electron chi connectivity index (χ2n) is 4.32. The summed E-state index contributed by atoms with van der Waals surface area (Å²) in [7, 11) is 0. The fraction of sp³-hybridized carbons (Fsp3) is 0.308. The summed E-state index contributed by atoms with van der Waals surface area (Å²) in [6.45, 7) is 2.08. The van der Waals surface area contributed by atoms with Crippen LogP contribution in [-0.4, -0.2) is 4.98 Å². The number of pyridine rings is 1. The summed E-state index contributed by atoms with van der Waals surface area (Å²) in [6.07, 6.45) is 2.53. The largest absolute Gasteiger partial charge is 0.252 e. The lowest BCUT2D eigenvalue weighted by Gasteiger charge is -2.04. The molecule has 2 aromatic rings. The van der Waals surface area contributed by atoms with Gasteiger partial charge in [0.05, 0.1) is 10.5 Å². The summed E-state index contributed by atoms with van der Waals surface area (Å²) in [5.41, 5.74) is 3.43. The van der Waals surface area contributed by atoms with Crippen LogP contribution in [0.25, 0.3) is 10.9 Å². The lowest BCUT2D eigenvalue weighted by molar-refractivity contribution is 1.04. The van der Waals surface area contributed by atoms with E-state index in [1.54, 1.807) is 0 Å². The Morgan fingerprint density at radius 3 is 2.80 bits per heavy atom. The average Bonchev–Trinajstić information content (AvgIpc) is 2.99. The molecule has 3 rings (SSSR count). The molecule has 1 aromatic carbocycles. The predicted octanol–water partition coefficient (Wildman–Crippen LogP) is 4.07. The Morgan fingerprint density at radius 2 is 2.07 bits per heavy atom. The van der Waals surface area contributed by atoms with Crippen molar-refractivity contribution in [3.05, 3.63) is 40.5 Å². The molecule has 1 heterocycles. The van der Waals surface area contributed by atoms with Crippen LogP contribution in [0.5, 0.6) is 0 Å². The number of halogens is 1. The lowest BCUT2D eigenvalue weighted by atomic mass is 10.1. The van der Waals surface area contributed by atoms with Gasteiger partial charge in [0.15, 0.2) is 0 Å². The number of benzene rings is 1. The van der Waals surface area contributed by atoms with Crippen LogP contribution >= 0.6 is 11.6 Å². The molecule has 1 saturated carbocycles. The first-order valence-electron chi connectivity index (χ1n) is 5.31. The van der Waals surface area contributed by atoms with E-state index in [2.05, 4.69) is 30.1 Å².